The van der Waals surface area contributed by atoms with Crippen LogP contribution in [0, 0.1) is 27.1 Å². The Kier molecular flexibility index (Phi) is 10.1. The lowest BCUT2D eigenvalue weighted by Crippen LogP contribution is -2.49. The highest BCUT2D eigenvalue weighted by Crippen LogP contribution is 2.36. The number of rotatable bonds is 12. The van der Waals surface area contributed by atoms with Crippen LogP contribution in [0.3, 0.4) is 0 Å². The van der Waals surface area contributed by atoms with Gasteiger partial charge in [0.1, 0.15) is 0 Å². The Labute approximate surface area is 199 Å². The van der Waals surface area contributed by atoms with Gasteiger partial charge in [-0.3, -0.25) is 9.59 Å². The minimum absolute atomic E-state index is 0.00164. The fourth-order valence-corrected chi connectivity index (χ4v) is 5.23. The number of hydrogen-bond donors (Lipinski definition) is 3. The molecule has 190 valence electrons. The van der Waals surface area contributed by atoms with Crippen LogP contribution in [0.2, 0.25) is 0 Å². The van der Waals surface area contributed by atoms with Crippen LogP contribution in [0.15, 0.2) is 0 Å². The van der Waals surface area contributed by atoms with Crippen LogP contribution in [0.25, 0.3) is 0 Å². The largest absolute Gasteiger partial charge is 0.355 e. The Morgan fingerprint density at radius 3 is 1.22 bits per heavy atom. The topological polar surface area (TPSA) is 70.2 Å². The highest BCUT2D eigenvalue weighted by Gasteiger charge is 2.40. The summed E-state index contributed by atoms with van der Waals surface area (Å²) in [6.07, 6.45) is 2.45. The molecule has 0 aliphatic rings. The Bertz CT molecular complexity index is 638. The lowest BCUT2D eigenvalue weighted by Gasteiger charge is -2.37. The number of amides is 2. The molecule has 0 aliphatic heterocycles. The Morgan fingerprint density at radius 2 is 0.906 bits per heavy atom. The summed E-state index contributed by atoms with van der Waals surface area (Å²) in [5.41, 5.74) is -1.09. The second kappa shape index (κ2) is 10.4. The van der Waals surface area contributed by atoms with Crippen LogP contribution in [-0.4, -0.2) is 37.5 Å². The summed E-state index contributed by atoms with van der Waals surface area (Å²) in [6.45, 7) is 28.7. The van der Waals surface area contributed by atoms with E-state index < -0.39 is 10.8 Å². The SMILES string of the molecule is CNC(C)(C)CC(C)(C)CNC(=O)C(C)(C)CC(C)(C)C(=O)NCC(C)(C)CC(C)(C)C. The average molecular weight is 454 g/mol. The molecule has 5 heteroatoms. The van der Waals surface area contributed by atoms with Crippen LogP contribution in [0.4, 0.5) is 0 Å². The van der Waals surface area contributed by atoms with Crippen LogP contribution in [0.5, 0.6) is 0 Å². The molecule has 3 N–H and O–H groups in total. The van der Waals surface area contributed by atoms with E-state index in [9.17, 15) is 9.59 Å². The van der Waals surface area contributed by atoms with Crippen LogP contribution >= 0.6 is 0 Å². The van der Waals surface area contributed by atoms with Crippen molar-refractivity contribution >= 4 is 11.8 Å². The molecule has 0 saturated heterocycles. The van der Waals surface area contributed by atoms with Crippen molar-refractivity contribution in [3.63, 3.8) is 0 Å². The molecule has 0 radical (unpaired) electrons. The van der Waals surface area contributed by atoms with Gasteiger partial charge in [-0.1, -0.05) is 76.2 Å². The van der Waals surface area contributed by atoms with Gasteiger partial charge in [0.15, 0.2) is 0 Å². The van der Waals surface area contributed by atoms with E-state index in [1.807, 2.05) is 34.7 Å². The lowest BCUT2D eigenvalue weighted by atomic mass is 9.73. The molecule has 0 aromatic rings. The summed E-state index contributed by atoms with van der Waals surface area (Å²) in [5.74, 6) is 0.0123. The number of nitrogens with one attached hydrogen (secondary N) is 3. The zero-order chi connectivity index (χ0) is 25.8. The maximum absolute atomic E-state index is 13.1. The molecule has 5 nitrogen and oxygen atoms in total. The standard InChI is InChI=1S/C27H55N3O2/c1-22(2,3)15-23(4,5)18-29-20(31)25(8,9)17-26(10,11)21(32)30-19-24(6,7)16-27(12,13)28-14/h28H,15-19H2,1-14H3,(H,29,31)(H,30,32). The van der Waals surface area contributed by atoms with Crippen molar-refractivity contribution in [2.45, 2.75) is 115 Å². The summed E-state index contributed by atoms with van der Waals surface area (Å²) in [5, 5.41) is 9.65. The molecule has 32 heavy (non-hydrogen) atoms. The van der Waals surface area contributed by atoms with Crippen molar-refractivity contribution in [2.75, 3.05) is 20.1 Å². The molecule has 0 rings (SSSR count). The molecule has 0 aliphatic carbocycles. The minimum atomic E-state index is -0.642. The van der Waals surface area contributed by atoms with Crippen molar-refractivity contribution < 1.29 is 9.59 Å². The molecule has 0 aromatic heterocycles. The van der Waals surface area contributed by atoms with E-state index in [1.54, 1.807) is 0 Å². The highest BCUT2D eigenvalue weighted by molar-refractivity contribution is 5.85. The summed E-state index contributed by atoms with van der Waals surface area (Å²) in [6, 6.07) is 0. The summed E-state index contributed by atoms with van der Waals surface area (Å²) >= 11 is 0. The van der Waals surface area contributed by atoms with Gasteiger partial charge in [-0.05, 0) is 56.4 Å². The molecule has 0 saturated carbocycles. The van der Waals surface area contributed by atoms with E-state index in [0.717, 1.165) is 12.8 Å². The van der Waals surface area contributed by atoms with Gasteiger partial charge in [0, 0.05) is 29.5 Å². The van der Waals surface area contributed by atoms with Gasteiger partial charge in [0.05, 0.1) is 0 Å². The van der Waals surface area contributed by atoms with Crippen molar-refractivity contribution in [1.29, 1.82) is 0 Å². The first-order valence-corrected chi connectivity index (χ1v) is 12.2. The molecule has 2 amide bonds. The predicted molar refractivity (Wildman–Crippen MR) is 138 cm³/mol. The normalized spacial score (nSPS) is 14.3. The third-order valence-corrected chi connectivity index (χ3v) is 6.17. The zero-order valence-electron chi connectivity index (χ0n) is 23.9. The lowest BCUT2D eigenvalue weighted by molar-refractivity contribution is -0.136. The van der Waals surface area contributed by atoms with Gasteiger partial charge < -0.3 is 16.0 Å². The van der Waals surface area contributed by atoms with Gasteiger partial charge in [-0.2, -0.15) is 0 Å². The highest BCUT2D eigenvalue weighted by atomic mass is 16.2. The third-order valence-electron chi connectivity index (χ3n) is 6.17. The van der Waals surface area contributed by atoms with E-state index in [4.69, 9.17) is 0 Å². The van der Waals surface area contributed by atoms with Crippen LogP contribution < -0.4 is 16.0 Å². The number of hydrogen-bond acceptors (Lipinski definition) is 3. The fraction of sp³-hybridized carbons (Fsp3) is 0.926. The summed E-state index contributed by atoms with van der Waals surface area (Å²) in [4.78, 5) is 26.1. The predicted octanol–water partition coefficient (Wildman–Crippen LogP) is 5.54. The van der Waals surface area contributed by atoms with Gasteiger partial charge in [-0.15, -0.1) is 0 Å². The molecule has 0 bridgehead atoms. The quantitative estimate of drug-likeness (QED) is 0.363. The van der Waals surface area contributed by atoms with E-state index in [0.29, 0.717) is 19.5 Å². The van der Waals surface area contributed by atoms with Gasteiger partial charge >= 0.3 is 0 Å². The Morgan fingerprint density at radius 1 is 0.562 bits per heavy atom. The average Bonchev–Trinajstić information content (AvgIpc) is 2.53. The van der Waals surface area contributed by atoms with E-state index in [2.05, 4.69) is 78.3 Å². The van der Waals surface area contributed by atoms with Crippen molar-refractivity contribution in [3.8, 4) is 0 Å². The second-order valence-corrected chi connectivity index (χ2v) is 14.7. The maximum atomic E-state index is 13.1. The molecule has 0 unspecified atom stereocenters. The molecule has 0 atom stereocenters. The van der Waals surface area contributed by atoms with E-state index >= 15 is 0 Å². The summed E-state index contributed by atoms with van der Waals surface area (Å²) < 4.78 is 0. The molecule has 0 heterocycles. The molecular formula is C27H55N3O2. The van der Waals surface area contributed by atoms with E-state index in [-0.39, 0.29) is 33.6 Å². The van der Waals surface area contributed by atoms with Gasteiger partial charge in [0.2, 0.25) is 11.8 Å². The molecule has 0 aromatic carbocycles. The molecule has 0 fully saturated rings. The molecule has 0 spiro atoms. The fourth-order valence-electron chi connectivity index (χ4n) is 5.23. The van der Waals surface area contributed by atoms with Crippen molar-refractivity contribution in [3.05, 3.63) is 0 Å². The number of carbonyl (C=O) groups is 2. The summed E-state index contributed by atoms with van der Waals surface area (Å²) in [7, 11) is 1.97. The molecular weight excluding hydrogens is 398 g/mol. The van der Waals surface area contributed by atoms with Gasteiger partial charge in [0.25, 0.3) is 0 Å². The van der Waals surface area contributed by atoms with Crippen molar-refractivity contribution in [1.82, 2.24) is 16.0 Å². The van der Waals surface area contributed by atoms with Crippen LogP contribution in [-0.2, 0) is 9.59 Å². The third kappa shape index (κ3) is 11.7. The minimum Gasteiger partial charge on any atom is -0.355 e. The number of carbonyl (C=O) groups excluding carboxylic acids is 2. The first-order chi connectivity index (χ1) is 13.9. The first-order valence-electron chi connectivity index (χ1n) is 12.2. The first kappa shape index (κ1) is 30.9. The smallest absolute Gasteiger partial charge is 0.225 e. The van der Waals surface area contributed by atoms with E-state index in [1.165, 1.54) is 0 Å². The zero-order valence-corrected chi connectivity index (χ0v) is 23.9. The Balaban J connectivity index is 5.00. The second-order valence-electron chi connectivity index (χ2n) is 14.7. The van der Waals surface area contributed by atoms with Gasteiger partial charge in [-0.25, -0.2) is 0 Å². The van der Waals surface area contributed by atoms with Crippen molar-refractivity contribution in [2.24, 2.45) is 27.1 Å². The monoisotopic (exact) mass is 453 g/mol. The van der Waals surface area contributed by atoms with Crippen LogP contribution in [0.1, 0.15) is 109 Å². The Hall–Kier alpha value is -1.10. The maximum Gasteiger partial charge on any atom is 0.225 e.